The zero-order valence-corrected chi connectivity index (χ0v) is 14.8. The minimum absolute atomic E-state index is 0.000477. The lowest BCUT2D eigenvalue weighted by Gasteiger charge is -2.21. The Morgan fingerprint density at radius 2 is 1.74 bits per heavy atom. The van der Waals surface area contributed by atoms with Gasteiger partial charge in [-0.3, -0.25) is 9.59 Å². The van der Waals surface area contributed by atoms with E-state index in [0.717, 1.165) is 12.8 Å². The van der Waals surface area contributed by atoms with Crippen molar-refractivity contribution < 1.29 is 9.59 Å². The van der Waals surface area contributed by atoms with Crippen LogP contribution in [0.1, 0.15) is 56.0 Å². The molecule has 4 nitrogen and oxygen atoms in total. The molecule has 0 aliphatic rings. The van der Waals surface area contributed by atoms with Crippen LogP contribution in [0, 0.1) is 5.92 Å². The monoisotopic (exact) mass is 318 g/mol. The van der Waals surface area contributed by atoms with Gasteiger partial charge in [-0.1, -0.05) is 45.0 Å². The van der Waals surface area contributed by atoms with Crippen molar-refractivity contribution in [2.75, 3.05) is 13.6 Å². The zero-order chi connectivity index (χ0) is 17.4. The van der Waals surface area contributed by atoms with Crippen molar-refractivity contribution in [2.45, 2.75) is 52.5 Å². The van der Waals surface area contributed by atoms with E-state index in [-0.39, 0.29) is 30.6 Å². The van der Waals surface area contributed by atoms with Gasteiger partial charge in [0.1, 0.15) is 0 Å². The first-order valence-corrected chi connectivity index (χ1v) is 8.46. The number of Topliss-reactive ketones (excluding diaryl/α,β-unsaturated/α-hetero) is 1. The number of nitrogens with two attached hydrogens (primary N) is 1. The molecule has 1 atom stereocenters. The third kappa shape index (κ3) is 6.53. The average Bonchev–Trinajstić information content (AvgIpc) is 2.56. The van der Waals surface area contributed by atoms with Crippen LogP contribution in [0.5, 0.6) is 0 Å². The molecule has 0 saturated carbocycles. The lowest BCUT2D eigenvalue weighted by atomic mass is 10.0. The number of benzene rings is 1. The molecule has 1 amide bonds. The van der Waals surface area contributed by atoms with E-state index in [1.807, 2.05) is 24.3 Å². The fourth-order valence-corrected chi connectivity index (χ4v) is 2.28. The number of ketones is 1. The maximum Gasteiger partial charge on any atom is 0.222 e. The summed E-state index contributed by atoms with van der Waals surface area (Å²) in [7, 11) is 1.77. The standard InChI is InChI=1S/C19H30N2O2/c1-5-15-6-8-16(9-7-15)18(22)10-11-19(23)21(4)13-12-17(20)14(2)3/h6-9,14,17H,5,10-13,20H2,1-4H3. The minimum atomic E-state index is -0.000477. The van der Waals surface area contributed by atoms with Gasteiger partial charge in [-0.05, 0) is 24.3 Å². The van der Waals surface area contributed by atoms with E-state index in [9.17, 15) is 9.59 Å². The second kappa shape index (κ2) is 9.46. The number of rotatable bonds is 9. The molecule has 0 fully saturated rings. The van der Waals surface area contributed by atoms with Gasteiger partial charge in [0, 0.05) is 38.0 Å². The van der Waals surface area contributed by atoms with Crippen LogP contribution in [0.3, 0.4) is 0 Å². The molecular weight excluding hydrogens is 288 g/mol. The Balaban J connectivity index is 2.40. The number of carbonyl (C=O) groups is 2. The van der Waals surface area contributed by atoms with Crippen LogP contribution in [-0.4, -0.2) is 36.2 Å². The lowest BCUT2D eigenvalue weighted by Crippen LogP contribution is -2.34. The van der Waals surface area contributed by atoms with E-state index in [2.05, 4.69) is 20.8 Å². The van der Waals surface area contributed by atoms with Crippen molar-refractivity contribution in [1.29, 1.82) is 0 Å². The molecule has 0 bridgehead atoms. The number of carbonyl (C=O) groups excluding carboxylic acids is 2. The maximum atomic E-state index is 12.1. The van der Waals surface area contributed by atoms with E-state index in [4.69, 9.17) is 5.73 Å². The third-order valence-electron chi connectivity index (χ3n) is 4.33. The molecule has 0 radical (unpaired) electrons. The molecule has 1 unspecified atom stereocenters. The largest absolute Gasteiger partial charge is 0.346 e. The summed E-state index contributed by atoms with van der Waals surface area (Å²) in [4.78, 5) is 25.9. The van der Waals surface area contributed by atoms with E-state index < -0.39 is 0 Å². The Morgan fingerprint density at radius 3 is 2.26 bits per heavy atom. The highest BCUT2D eigenvalue weighted by Gasteiger charge is 2.14. The first-order valence-electron chi connectivity index (χ1n) is 8.46. The molecule has 128 valence electrons. The SMILES string of the molecule is CCc1ccc(C(=O)CCC(=O)N(C)CCC(N)C(C)C)cc1. The average molecular weight is 318 g/mol. The van der Waals surface area contributed by atoms with Crippen LogP contribution in [-0.2, 0) is 11.2 Å². The van der Waals surface area contributed by atoms with Gasteiger partial charge >= 0.3 is 0 Å². The van der Waals surface area contributed by atoms with Crippen LogP contribution in [0.2, 0.25) is 0 Å². The minimum Gasteiger partial charge on any atom is -0.346 e. The van der Waals surface area contributed by atoms with Crippen LogP contribution in [0.25, 0.3) is 0 Å². The number of nitrogens with zero attached hydrogens (tertiary/aromatic N) is 1. The number of hydrogen-bond acceptors (Lipinski definition) is 3. The molecule has 1 aromatic carbocycles. The van der Waals surface area contributed by atoms with E-state index >= 15 is 0 Å². The normalized spacial score (nSPS) is 12.3. The fraction of sp³-hybridized carbons (Fsp3) is 0.579. The Hall–Kier alpha value is -1.68. The summed E-state index contributed by atoms with van der Waals surface area (Å²) < 4.78 is 0. The molecule has 4 heteroatoms. The highest BCUT2D eigenvalue weighted by atomic mass is 16.2. The number of aryl methyl sites for hydroxylation is 1. The van der Waals surface area contributed by atoms with Crippen LogP contribution < -0.4 is 5.73 Å². The molecule has 23 heavy (non-hydrogen) atoms. The number of hydrogen-bond donors (Lipinski definition) is 1. The summed E-state index contributed by atoms with van der Waals surface area (Å²) in [5.41, 5.74) is 7.88. The summed E-state index contributed by atoms with van der Waals surface area (Å²) >= 11 is 0. The summed E-state index contributed by atoms with van der Waals surface area (Å²) in [6, 6.07) is 7.72. The molecule has 0 heterocycles. The van der Waals surface area contributed by atoms with Gasteiger partial charge in [-0.15, -0.1) is 0 Å². The Labute approximate surface area is 140 Å². The van der Waals surface area contributed by atoms with Gasteiger partial charge in [0.15, 0.2) is 5.78 Å². The van der Waals surface area contributed by atoms with Crippen LogP contribution >= 0.6 is 0 Å². The second-order valence-electron chi connectivity index (χ2n) is 6.49. The Morgan fingerprint density at radius 1 is 1.13 bits per heavy atom. The second-order valence-corrected chi connectivity index (χ2v) is 6.49. The molecule has 2 N–H and O–H groups in total. The molecule has 1 rings (SSSR count). The number of amides is 1. The van der Waals surface area contributed by atoms with Gasteiger partial charge in [0.25, 0.3) is 0 Å². The zero-order valence-electron chi connectivity index (χ0n) is 14.8. The first kappa shape index (κ1) is 19.4. The Kier molecular flexibility index (Phi) is 7.96. The molecular formula is C19H30N2O2. The molecule has 0 aliphatic heterocycles. The van der Waals surface area contributed by atoms with Crippen molar-refractivity contribution in [2.24, 2.45) is 11.7 Å². The molecule has 0 aromatic heterocycles. The Bertz CT molecular complexity index is 509. The fourth-order valence-electron chi connectivity index (χ4n) is 2.28. The van der Waals surface area contributed by atoms with Crippen molar-refractivity contribution in [3.05, 3.63) is 35.4 Å². The van der Waals surface area contributed by atoms with E-state index in [1.54, 1.807) is 11.9 Å². The molecule has 1 aromatic rings. The lowest BCUT2D eigenvalue weighted by molar-refractivity contribution is -0.129. The maximum absolute atomic E-state index is 12.1. The van der Waals surface area contributed by atoms with E-state index in [0.29, 0.717) is 18.0 Å². The van der Waals surface area contributed by atoms with Gasteiger partial charge in [-0.2, -0.15) is 0 Å². The van der Waals surface area contributed by atoms with Crippen molar-refractivity contribution in [3.8, 4) is 0 Å². The first-order chi connectivity index (χ1) is 10.8. The highest BCUT2D eigenvalue weighted by Crippen LogP contribution is 2.10. The van der Waals surface area contributed by atoms with Gasteiger partial charge in [0.05, 0.1) is 0 Å². The quantitative estimate of drug-likeness (QED) is 0.712. The third-order valence-corrected chi connectivity index (χ3v) is 4.33. The van der Waals surface area contributed by atoms with E-state index in [1.165, 1.54) is 5.56 Å². The van der Waals surface area contributed by atoms with Crippen molar-refractivity contribution >= 4 is 11.7 Å². The van der Waals surface area contributed by atoms with Crippen LogP contribution in [0.4, 0.5) is 0 Å². The highest BCUT2D eigenvalue weighted by molar-refractivity contribution is 5.97. The van der Waals surface area contributed by atoms with Crippen molar-refractivity contribution in [1.82, 2.24) is 4.90 Å². The summed E-state index contributed by atoms with van der Waals surface area (Å²) in [5.74, 6) is 0.430. The summed E-state index contributed by atoms with van der Waals surface area (Å²) in [6.45, 7) is 6.87. The van der Waals surface area contributed by atoms with Gasteiger partial charge in [0.2, 0.25) is 5.91 Å². The molecule has 0 saturated heterocycles. The molecule has 0 aliphatic carbocycles. The van der Waals surface area contributed by atoms with Crippen molar-refractivity contribution in [3.63, 3.8) is 0 Å². The summed E-state index contributed by atoms with van der Waals surface area (Å²) in [6.07, 6.45) is 2.25. The smallest absolute Gasteiger partial charge is 0.222 e. The van der Waals surface area contributed by atoms with Gasteiger partial charge in [-0.25, -0.2) is 0 Å². The van der Waals surface area contributed by atoms with Crippen LogP contribution in [0.15, 0.2) is 24.3 Å². The topological polar surface area (TPSA) is 63.4 Å². The molecule has 0 spiro atoms. The summed E-state index contributed by atoms with van der Waals surface area (Å²) in [5, 5.41) is 0. The predicted octanol–water partition coefficient (Wildman–Crippen LogP) is 3.04. The predicted molar refractivity (Wildman–Crippen MR) is 94.5 cm³/mol. The van der Waals surface area contributed by atoms with Gasteiger partial charge < -0.3 is 10.6 Å².